The van der Waals surface area contributed by atoms with Crippen molar-refractivity contribution in [3.63, 3.8) is 0 Å². The summed E-state index contributed by atoms with van der Waals surface area (Å²) < 4.78 is 5.17. The van der Waals surface area contributed by atoms with E-state index in [9.17, 15) is 14.7 Å². The summed E-state index contributed by atoms with van der Waals surface area (Å²) in [6, 6.07) is 11.0. The molecular formula is C18H20NO5+. The van der Waals surface area contributed by atoms with Gasteiger partial charge in [-0.1, -0.05) is 32.9 Å². The lowest BCUT2D eigenvalue weighted by molar-refractivity contribution is 0.0693. The van der Waals surface area contributed by atoms with E-state index < -0.39 is 12.1 Å². The summed E-state index contributed by atoms with van der Waals surface area (Å²) in [4.78, 5) is 23.0. The fraction of sp³-hybridized carbons (Fsp3) is 0.222. The predicted molar refractivity (Wildman–Crippen MR) is 90.8 cm³/mol. The van der Waals surface area contributed by atoms with Crippen molar-refractivity contribution in [2.24, 2.45) is 0 Å². The van der Waals surface area contributed by atoms with Gasteiger partial charge in [0.05, 0.1) is 0 Å². The van der Waals surface area contributed by atoms with Crippen molar-refractivity contribution >= 4 is 17.7 Å². The molecule has 0 aromatic heterocycles. The van der Waals surface area contributed by atoms with Crippen LogP contribution in [-0.2, 0) is 5.41 Å². The number of hydrogen-bond donors (Lipinski definition) is 2. The van der Waals surface area contributed by atoms with E-state index in [-0.39, 0.29) is 22.4 Å². The molecule has 2 rings (SSSR count). The molecule has 0 aliphatic rings. The molecule has 0 radical (unpaired) electrons. The third-order valence-corrected chi connectivity index (χ3v) is 3.42. The topological polar surface area (TPSA) is 98.5 Å². The fourth-order valence-corrected chi connectivity index (χ4v) is 2.07. The number of phenols is 1. The number of rotatable bonds is 3. The van der Waals surface area contributed by atoms with Crippen molar-refractivity contribution in [1.29, 1.82) is 0 Å². The third-order valence-electron chi connectivity index (χ3n) is 3.42. The van der Waals surface area contributed by atoms with Crippen LogP contribution in [0.15, 0.2) is 42.5 Å². The van der Waals surface area contributed by atoms with Crippen molar-refractivity contribution in [2.45, 2.75) is 26.2 Å². The number of aromatic hydroxyl groups is 1. The lowest BCUT2D eigenvalue weighted by Gasteiger charge is -2.19. The van der Waals surface area contributed by atoms with Crippen molar-refractivity contribution in [2.75, 3.05) is 5.32 Å². The normalized spacial score (nSPS) is 11.0. The summed E-state index contributed by atoms with van der Waals surface area (Å²) in [6.45, 7) is 6.27. The van der Waals surface area contributed by atoms with Crippen LogP contribution in [0.1, 0.15) is 36.7 Å². The van der Waals surface area contributed by atoms with Gasteiger partial charge < -0.3 is 14.9 Å². The zero-order chi connectivity index (χ0) is 17.9. The Kier molecular flexibility index (Phi) is 4.78. The number of benzene rings is 2. The maximum absolute atomic E-state index is 11.9. The zero-order valence-corrected chi connectivity index (χ0v) is 13.7. The van der Waals surface area contributed by atoms with Crippen LogP contribution in [0.2, 0.25) is 0 Å². The van der Waals surface area contributed by atoms with Gasteiger partial charge >= 0.3 is 12.1 Å². The highest BCUT2D eigenvalue weighted by Crippen LogP contribution is 2.25. The van der Waals surface area contributed by atoms with Crippen LogP contribution in [0.25, 0.3) is 0 Å². The summed E-state index contributed by atoms with van der Waals surface area (Å²) in [5.74, 6) is -0.968. The van der Waals surface area contributed by atoms with Gasteiger partial charge in [0, 0.05) is 10.5 Å². The number of carbonyl (C=O) groups excluding carboxylic acids is 2. The molecule has 2 aromatic rings. The standard InChI is InChI=1S/C18H19NO5/c1-18(2,3)11-4-7-13(8-5-11)24-17(23)19-12-6-9-15(20)14(10-12)16(21)22/h4-10,20H,1-3H3,(H,19,23)(H,21,22)/p+1. The second kappa shape index (κ2) is 6.62. The number of nitrogens with one attached hydrogen (secondary N) is 1. The number of phenolic OH excluding ortho intramolecular Hbond substituents is 1. The van der Waals surface area contributed by atoms with Gasteiger partial charge in [-0.15, -0.1) is 0 Å². The van der Waals surface area contributed by atoms with Gasteiger partial charge in [-0.25, -0.2) is 4.79 Å². The minimum atomic E-state index is -1.04. The molecule has 0 aliphatic carbocycles. The summed E-state index contributed by atoms with van der Waals surface area (Å²) in [7, 11) is 0. The molecular weight excluding hydrogens is 310 g/mol. The van der Waals surface area contributed by atoms with E-state index in [1.807, 2.05) is 12.1 Å². The maximum atomic E-state index is 11.9. The molecule has 0 aliphatic heterocycles. The van der Waals surface area contributed by atoms with Crippen LogP contribution >= 0.6 is 0 Å². The minimum Gasteiger partial charge on any atom is -0.561 e. The Morgan fingerprint density at radius 3 is 2.25 bits per heavy atom. The molecule has 0 unspecified atom stereocenters. The molecule has 0 bridgehead atoms. The van der Waals surface area contributed by atoms with E-state index in [0.29, 0.717) is 5.75 Å². The second-order valence-corrected chi connectivity index (χ2v) is 6.35. The Bertz CT molecular complexity index is 760. The smallest absolute Gasteiger partial charge is 0.553 e. The quantitative estimate of drug-likeness (QED) is 0.667. The summed E-state index contributed by atoms with van der Waals surface area (Å²) >= 11 is 0. The highest BCUT2D eigenvalue weighted by Gasteiger charge is 2.18. The molecule has 0 spiro atoms. The fourth-order valence-electron chi connectivity index (χ4n) is 2.07. The van der Waals surface area contributed by atoms with Crippen molar-refractivity contribution in [3.05, 3.63) is 53.6 Å². The van der Waals surface area contributed by atoms with Crippen LogP contribution in [0.5, 0.6) is 11.5 Å². The molecule has 6 nitrogen and oxygen atoms in total. The number of anilines is 1. The SMILES string of the molecule is CC(C)(C)c1ccc(OC(=O)Nc2ccc(O)c(C(=O)[OH2+])c2)cc1. The molecule has 0 saturated carbocycles. The van der Waals surface area contributed by atoms with Crippen LogP contribution in [0.3, 0.4) is 0 Å². The largest absolute Gasteiger partial charge is 0.561 e. The highest BCUT2D eigenvalue weighted by atomic mass is 16.6. The van der Waals surface area contributed by atoms with Gasteiger partial charge in [-0.3, -0.25) is 5.32 Å². The number of carbonyl (C=O) groups is 2. The van der Waals surface area contributed by atoms with Crippen molar-refractivity contribution in [1.82, 2.24) is 0 Å². The monoisotopic (exact) mass is 330 g/mol. The Balaban J connectivity index is 2.06. The first-order valence-corrected chi connectivity index (χ1v) is 7.35. The van der Waals surface area contributed by atoms with Gasteiger partial charge in [-0.2, -0.15) is 0 Å². The Hall–Kier alpha value is -3.02. The van der Waals surface area contributed by atoms with Crippen molar-refractivity contribution < 1.29 is 24.5 Å². The molecule has 1 amide bonds. The number of hydrogen-bond acceptors (Lipinski definition) is 4. The lowest BCUT2D eigenvalue weighted by Crippen LogP contribution is -2.17. The molecule has 2 aromatic carbocycles. The Morgan fingerprint density at radius 1 is 1.08 bits per heavy atom. The minimum absolute atomic E-state index is 0.00598. The highest BCUT2D eigenvalue weighted by molar-refractivity contribution is 5.94. The average Bonchev–Trinajstić information content (AvgIpc) is 2.48. The summed E-state index contributed by atoms with van der Waals surface area (Å²) in [6.07, 6.45) is -0.729. The van der Waals surface area contributed by atoms with Crippen LogP contribution in [0, 0.1) is 0 Å². The number of ether oxygens (including phenoxy) is 1. The molecule has 0 atom stereocenters. The van der Waals surface area contributed by atoms with Crippen LogP contribution in [0.4, 0.5) is 10.5 Å². The first kappa shape index (κ1) is 17.3. The first-order chi connectivity index (χ1) is 11.2. The molecule has 0 fully saturated rings. The van der Waals surface area contributed by atoms with Crippen molar-refractivity contribution in [3.8, 4) is 11.5 Å². The molecule has 126 valence electrons. The Morgan fingerprint density at radius 2 is 1.71 bits per heavy atom. The maximum Gasteiger partial charge on any atom is 0.553 e. The third kappa shape index (κ3) is 4.25. The van der Waals surface area contributed by atoms with Crippen LogP contribution < -0.4 is 10.1 Å². The summed E-state index contributed by atoms with van der Waals surface area (Å²) in [5.41, 5.74) is 1.18. The Labute approximate surface area is 139 Å². The van der Waals surface area contributed by atoms with Gasteiger partial charge in [0.1, 0.15) is 11.5 Å². The van der Waals surface area contributed by atoms with E-state index in [1.165, 1.54) is 18.2 Å². The van der Waals surface area contributed by atoms with Gasteiger partial charge in [0.15, 0.2) is 5.56 Å². The zero-order valence-electron chi connectivity index (χ0n) is 13.7. The van der Waals surface area contributed by atoms with Gasteiger partial charge in [-0.05, 0) is 41.3 Å². The van der Waals surface area contributed by atoms with Gasteiger partial charge in [0.25, 0.3) is 0 Å². The molecule has 0 saturated heterocycles. The van der Waals surface area contributed by atoms with Gasteiger partial charge in [0.2, 0.25) is 0 Å². The molecule has 0 heterocycles. The average molecular weight is 330 g/mol. The molecule has 24 heavy (non-hydrogen) atoms. The lowest BCUT2D eigenvalue weighted by atomic mass is 9.87. The van der Waals surface area contributed by atoms with E-state index in [2.05, 4.69) is 26.1 Å². The summed E-state index contributed by atoms with van der Waals surface area (Å²) in [5, 5.41) is 19.0. The van der Waals surface area contributed by atoms with E-state index in [0.717, 1.165) is 5.56 Å². The second-order valence-electron chi connectivity index (χ2n) is 6.35. The first-order valence-electron chi connectivity index (χ1n) is 7.35. The molecule has 6 heteroatoms. The van der Waals surface area contributed by atoms with E-state index in [4.69, 9.17) is 9.84 Å². The predicted octanol–water partition coefficient (Wildman–Crippen LogP) is 3.17. The van der Waals surface area contributed by atoms with Crippen LogP contribution in [-0.4, -0.2) is 22.3 Å². The van der Waals surface area contributed by atoms with E-state index in [1.54, 1.807) is 12.1 Å². The van der Waals surface area contributed by atoms with E-state index >= 15 is 0 Å². The number of amides is 1. The molecule has 4 N–H and O–H groups in total.